The molecule has 2 rings (SSSR count). The van der Waals surface area contributed by atoms with Crippen LogP contribution in [-0.2, 0) is 9.53 Å². The maximum atomic E-state index is 11.3. The summed E-state index contributed by atoms with van der Waals surface area (Å²) < 4.78 is 4.57. The Hall–Kier alpha value is -3.74. The number of nitrogens with zero attached hydrogens (tertiary/aromatic N) is 1. The quantitative estimate of drug-likeness (QED) is 0.263. The van der Waals surface area contributed by atoms with Crippen LogP contribution in [0.25, 0.3) is 18.2 Å². The smallest absolute Gasteiger partial charge is 0.335 e. The minimum absolute atomic E-state index is 0.141. The summed E-state index contributed by atoms with van der Waals surface area (Å²) in [5.41, 5.74) is 3.45. The summed E-state index contributed by atoms with van der Waals surface area (Å²) in [6.45, 7) is 3.79. The largest absolute Gasteiger partial charge is 0.478 e. The van der Waals surface area contributed by atoms with Crippen LogP contribution in [0.3, 0.4) is 0 Å². The van der Waals surface area contributed by atoms with Crippen molar-refractivity contribution in [2.75, 3.05) is 7.11 Å². The zero-order valence-corrected chi connectivity index (χ0v) is 15.6. The highest BCUT2D eigenvalue weighted by Crippen LogP contribution is 2.25. The van der Waals surface area contributed by atoms with E-state index >= 15 is 0 Å². The number of benzene rings is 2. The average Bonchev–Trinajstić information content (AvgIpc) is 2.65. The number of carbonyl (C=O) groups is 2. The highest BCUT2D eigenvalue weighted by Gasteiger charge is 2.15. The van der Waals surface area contributed by atoms with Gasteiger partial charge in [0.25, 0.3) is 5.69 Å². The first-order valence-corrected chi connectivity index (χ1v) is 8.30. The first kappa shape index (κ1) is 20.6. The fraction of sp³-hybridized carbons (Fsp3) is 0.143. The molecule has 7 heteroatoms. The zero-order valence-electron chi connectivity index (χ0n) is 15.6. The van der Waals surface area contributed by atoms with Gasteiger partial charge in [-0.05, 0) is 60.4 Å². The van der Waals surface area contributed by atoms with E-state index in [9.17, 15) is 19.7 Å². The molecule has 144 valence electrons. The third kappa shape index (κ3) is 4.91. The Kier molecular flexibility index (Phi) is 6.44. The van der Waals surface area contributed by atoms with Crippen molar-refractivity contribution in [1.29, 1.82) is 0 Å². The highest BCUT2D eigenvalue weighted by atomic mass is 16.6. The van der Waals surface area contributed by atoms with Crippen molar-refractivity contribution in [1.82, 2.24) is 0 Å². The maximum Gasteiger partial charge on any atom is 0.335 e. The summed E-state index contributed by atoms with van der Waals surface area (Å²) in [5.74, 6) is -1.67. The number of nitro benzene ring substituents is 1. The third-order valence-electron chi connectivity index (χ3n) is 4.13. The van der Waals surface area contributed by atoms with E-state index in [2.05, 4.69) is 4.74 Å². The van der Waals surface area contributed by atoms with E-state index in [1.165, 1.54) is 25.3 Å². The van der Waals surface area contributed by atoms with Gasteiger partial charge in [-0.25, -0.2) is 9.59 Å². The van der Waals surface area contributed by atoms with E-state index in [-0.39, 0.29) is 11.3 Å². The second-order valence-corrected chi connectivity index (χ2v) is 6.09. The van der Waals surface area contributed by atoms with Crippen molar-refractivity contribution < 1.29 is 24.4 Å². The predicted molar refractivity (Wildman–Crippen MR) is 106 cm³/mol. The van der Waals surface area contributed by atoms with Crippen LogP contribution < -0.4 is 0 Å². The monoisotopic (exact) mass is 381 g/mol. The van der Waals surface area contributed by atoms with E-state index in [1.807, 2.05) is 26.0 Å². The van der Waals surface area contributed by atoms with Crippen molar-refractivity contribution in [3.05, 3.63) is 79.9 Å². The number of hydrogen-bond donors (Lipinski definition) is 1. The molecule has 1 N–H and O–H groups in total. The van der Waals surface area contributed by atoms with Crippen molar-refractivity contribution in [3.63, 3.8) is 0 Å². The van der Waals surface area contributed by atoms with E-state index in [1.54, 1.807) is 18.2 Å². The molecular formula is C21H19NO6. The molecule has 0 aliphatic carbocycles. The van der Waals surface area contributed by atoms with Gasteiger partial charge in [-0.3, -0.25) is 10.1 Å². The number of carboxylic acids is 1. The Morgan fingerprint density at radius 3 is 2.25 bits per heavy atom. The normalized spacial score (nSPS) is 11.1. The number of hydrogen-bond acceptors (Lipinski definition) is 5. The summed E-state index contributed by atoms with van der Waals surface area (Å²) >= 11 is 0. The van der Waals surface area contributed by atoms with Crippen LogP contribution in [0.1, 0.15) is 38.2 Å². The van der Waals surface area contributed by atoms with Crippen LogP contribution in [0.15, 0.2) is 36.4 Å². The van der Waals surface area contributed by atoms with Gasteiger partial charge in [0, 0.05) is 12.1 Å². The Balaban J connectivity index is 2.39. The number of nitro groups is 1. The number of methoxy groups -OCH3 is 1. The zero-order chi connectivity index (χ0) is 20.8. The molecule has 7 nitrogen and oxygen atoms in total. The lowest BCUT2D eigenvalue weighted by Gasteiger charge is -2.08. The molecule has 0 fully saturated rings. The molecule has 0 saturated heterocycles. The second-order valence-electron chi connectivity index (χ2n) is 6.09. The molecule has 0 aliphatic heterocycles. The van der Waals surface area contributed by atoms with E-state index < -0.39 is 16.9 Å². The van der Waals surface area contributed by atoms with Gasteiger partial charge in [0.15, 0.2) is 0 Å². The van der Waals surface area contributed by atoms with Crippen LogP contribution in [0, 0.1) is 24.0 Å². The lowest BCUT2D eigenvalue weighted by molar-refractivity contribution is -0.385. The number of aromatic carboxylic acids is 1. The molecule has 0 spiro atoms. The standard InChI is InChI=1S/C21H19NO6/c1-13-10-15(4-9-20(23)28-3)11-14(2)18(13)8-7-16-5-6-17(21(24)25)12-19(16)22(26)27/h4-12H,1-3H3,(H,24,25)/b8-7+,9-4+. The SMILES string of the molecule is COC(=O)/C=C/c1cc(C)c(/C=C/c2ccc(C(=O)O)cc2[N+](=O)[O-])c(C)c1. The topological polar surface area (TPSA) is 107 Å². The van der Waals surface area contributed by atoms with Gasteiger partial charge in [-0.15, -0.1) is 0 Å². The van der Waals surface area contributed by atoms with Crippen molar-refractivity contribution in [2.45, 2.75) is 13.8 Å². The summed E-state index contributed by atoms with van der Waals surface area (Å²) in [6.07, 6.45) is 6.32. The number of carbonyl (C=O) groups excluding carboxylic acids is 1. The summed E-state index contributed by atoms with van der Waals surface area (Å²) in [4.78, 5) is 32.9. The Morgan fingerprint density at radius 2 is 1.71 bits per heavy atom. The van der Waals surface area contributed by atoms with Crippen LogP contribution >= 0.6 is 0 Å². The first-order valence-electron chi connectivity index (χ1n) is 8.30. The van der Waals surface area contributed by atoms with E-state index in [4.69, 9.17) is 5.11 Å². The predicted octanol–water partition coefficient (Wildman–Crippen LogP) is 4.27. The average molecular weight is 381 g/mol. The van der Waals surface area contributed by atoms with E-state index in [0.717, 1.165) is 28.3 Å². The molecule has 0 radical (unpaired) electrons. The van der Waals surface area contributed by atoms with Crippen LogP contribution in [0.5, 0.6) is 0 Å². The van der Waals surface area contributed by atoms with Gasteiger partial charge in [0.05, 0.1) is 23.2 Å². The second kappa shape index (κ2) is 8.77. The number of rotatable bonds is 6. The van der Waals surface area contributed by atoms with Gasteiger partial charge in [-0.1, -0.05) is 18.2 Å². The summed E-state index contributed by atoms with van der Waals surface area (Å²) in [6, 6.07) is 7.55. The number of ether oxygens (including phenoxy) is 1. The molecule has 0 aromatic heterocycles. The minimum Gasteiger partial charge on any atom is -0.478 e. The highest BCUT2D eigenvalue weighted by molar-refractivity contribution is 5.90. The fourth-order valence-electron chi connectivity index (χ4n) is 2.75. The van der Waals surface area contributed by atoms with Crippen LogP contribution in [-0.4, -0.2) is 29.1 Å². The van der Waals surface area contributed by atoms with Crippen molar-refractivity contribution in [2.24, 2.45) is 0 Å². The molecule has 2 aromatic carbocycles. The molecule has 2 aromatic rings. The van der Waals surface area contributed by atoms with E-state index in [0.29, 0.717) is 5.56 Å². The fourth-order valence-corrected chi connectivity index (χ4v) is 2.75. The number of esters is 1. The Labute approximate surface area is 161 Å². The molecule has 0 amide bonds. The molecule has 0 unspecified atom stereocenters. The third-order valence-corrected chi connectivity index (χ3v) is 4.13. The molecule has 0 aliphatic rings. The summed E-state index contributed by atoms with van der Waals surface area (Å²) in [5, 5.41) is 20.3. The van der Waals surface area contributed by atoms with Crippen molar-refractivity contribution in [3.8, 4) is 0 Å². The van der Waals surface area contributed by atoms with Gasteiger partial charge >= 0.3 is 11.9 Å². The molecule has 0 saturated carbocycles. The minimum atomic E-state index is -1.22. The van der Waals surface area contributed by atoms with Crippen LogP contribution in [0.2, 0.25) is 0 Å². The molecule has 0 heterocycles. The Bertz CT molecular complexity index is 981. The summed E-state index contributed by atoms with van der Waals surface area (Å²) in [7, 11) is 1.30. The van der Waals surface area contributed by atoms with Crippen molar-refractivity contribution >= 4 is 35.9 Å². The number of aryl methyl sites for hydroxylation is 2. The van der Waals surface area contributed by atoms with Gasteiger partial charge in [0.1, 0.15) is 0 Å². The maximum absolute atomic E-state index is 11.3. The first-order chi connectivity index (χ1) is 13.2. The van der Waals surface area contributed by atoms with Crippen LogP contribution in [0.4, 0.5) is 5.69 Å². The molecule has 28 heavy (non-hydrogen) atoms. The van der Waals surface area contributed by atoms with Gasteiger partial charge < -0.3 is 9.84 Å². The molecule has 0 atom stereocenters. The Morgan fingerprint density at radius 1 is 1.07 bits per heavy atom. The molecule has 0 bridgehead atoms. The van der Waals surface area contributed by atoms with Gasteiger partial charge in [-0.2, -0.15) is 0 Å². The lowest BCUT2D eigenvalue weighted by Crippen LogP contribution is -1.99. The lowest BCUT2D eigenvalue weighted by atomic mass is 9.97. The van der Waals surface area contributed by atoms with Gasteiger partial charge in [0.2, 0.25) is 0 Å². The molecular weight excluding hydrogens is 362 g/mol. The number of carboxylic acid groups (broad SMARTS) is 1.